The molecule has 0 saturated carbocycles. The molecule has 0 bridgehead atoms. The number of methoxy groups -OCH3 is 1. The molecule has 0 aliphatic heterocycles. The lowest BCUT2D eigenvalue weighted by Gasteiger charge is -2.19. The number of hydrogen-bond acceptors (Lipinski definition) is 4. The number of nitrogens with one attached hydrogen (secondary N) is 2. The van der Waals surface area contributed by atoms with E-state index in [-0.39, 0.29) is 6.09 Å². The molecule has 1 aromatic rings. The van der Waals surface area contributed by atoms with Crippen molar-refractivity contribution in [3.8, 4) is 5.75 Å². The molecule has 1 rings (SSSR count). The van der Waals surface area contributed by atoms with E-state index < -0.39 is 5.60 Å². The summed E-state index contributed by atoms with van der Waals surface area (Å²) in [6, 6.07) is 7.86. The molecular weight excluding hydrogens is 280 g/mol. The van der Waals surface area contributed by atoms with Crippen molar-refractivity contribution < 1.29 is 14.3 Å². The molecule has 0 aliphatic rings. The minimum atomic E-state index is -0.461. The van der Waals surface area contributed by atoms with E-state index >= 15 is 0 Å². The van der Waals surface area contributed by atoms with Gasteiger partial charge < -0.3 is 20.1 Å². The Bertz CT molecular complexity index is 493. The molecule has 0 aliphatic carbocycles. The van der Waals surface area contributed by atoms with E-state index in [4.69, 9.17) is 9.47 Å². The molecule has 1 aromatic carbocycles. The van der Waals surface area contributed by atoms with Crippen molar-refractivity contribution in [3.05, 3.63) is 35.9 Å². The summed E-state index contributed by atoms with van der Waals surface area (Å²) in [5.41, 5.74) is 0.629. The van der Waals surface area contributed by atoms with Gasteiger partial charge in [-0.1, -0.05) is 24.3 Å². The van der Waals surface area contributed by atoms with Crippen LogP contribution in [0.5, 0.6) is 5.75 Å². The van der Waals surface area contributed by atoms with Crippen LogP contribution in [-0.4, -0.2) is 38.4 Å². The highest BCUT2D eigenvalue weighted by molar-refractivity contribution is 5.67. The van der Waals surface area contributed by atoms with Crippen molar-refractivity contribution >= 4 is 12.2 Å². The van der Waals surface area contributed by atoms with Crippen LogP contribution < -0.4 is 15.4 Å². The highest BCUT2D eigenvalue weighted by Gasteiger charge is 2.15. The van der Waals surface area contributed by atoms with Gasteiger partial charge in [-0.15, -0.1) is 0 Å². The second-order valence-electron chi connectivity index (χ2n) is 5.81. The lowest BCUT2D eigenvalue weighted by Crippen LogP contribution is -2.36. The van der Waals surface area contributed by atoms with Gasteiger partial charge in [0.05, 0.1) is 7.11 Å². The summed E-state index contributed by atoms with van der Waals surface area (Å²) in [6.07, 6.45) is 3.67. The van der Waals surface area contributed by atoms with Gasteiger partial charge in [-0.3, -0.25) is 0 Å². The first-order valence-corrected chi connectivity index (χ1v) is 7.39. The van der Waals surface area contributed by atoms with E-state index in [9.17, 15) is 4.79 Å². The van der Waals surface area contributed by atoms with Crippen LogP contribution in [0.1, 0.15) is 26.3 Å². The van der Waals surface area contributed by atoms with E-state index in [1.807, 2.05) is 57.2 Å². The van der Waals surface area contributed by atoms with Gasteiger partial charge in [0.25, 0.3) is 0 Å². The van der Waals surface area contributed by atoms with E-state index in [1.165, 1.54) is 0 Å². The topological polar surface area (TPSA) is 59.6 Å². The summed E-state index contributed by atoms with van der Waals surface area (Å²) in [5, 5.41) is 5.91. The smallest absolute Gasteiger partial charge is 0.407 e. The van der Waals surface area contributed by atoms with Gasteiger partial charge >= 0.3 is 6.09 Å². The molecule has 0 aromatic heterocycles. The minimum Gasteiger partial charge on any atom is -0.497 e. The van der Waals surface area contributed by atoms with Gasteiger partial charge in [0, 0.05) is 19.6 Å². The van der Waals surface area contributed by atoms with Crippen molar-refractivity contribution in [3.63, 3.8) is 0 Å². The molecule has 0 fully saturated rings. The summed E-state index contributed by atoms with van der Waals surface area (Å²) in [5.74, 6) is 0.844. The van der Waals surface area contributed by atoms with Gasteiger partial charge in [0.1, 0.15) is 11.4 Å². The molecule has 0 radical (unpaired) electrons. The summed E-state index contributed by atoms with van der Waals surface area (Å²) < 4.78 is 10.3. The maximum atomic E-state index is 11.4. The number of rotatable bonds is 7. The van der Waals surface area contributed by atoms with Crippen molar-refractivity contribution in [2.45, 2.75) is 26.4 Å². The van der Waals surface area contributed by atoms with Crippen LogP contribution in [0.25, 0.3) is 6.08 Å². The Morgan fingerprint density at radius 1 is 1.27 bits per heavy atom. The molecule has 2 N–H and O–H groups in total. The van der Waals surface area contributed by atoms with Crippen LogP contribution in [0.15, 0.2) is 30.3 Å². The van der Waals surface area contributed by atoms with Crippen molar-refractivity contribution in [1.29, 1.82) is 0 Å². The fraction of sp³-hybridized carbons (Fsp3) is 0.471. The largest absolute Gasteiger partial charge is 0.497 e. The molecule has 0 spiro atoms. The third kappa shape index (κ3) is 8.32. The van der Waals surface area contributed by atoms with Crippen molar-refractivity contribution in [2.24, 2.45) is 0 Å². The van der Waals surface area contributed by atoms with Crippen molar-refractivity contribution in [1.82, 2.24) is 10.6 Å². The molecule has 0 heterocycles. The third-order valence-electron chi connectivity index (χ3n) is 2.64. The zero-order valence-electron chi connectivity index (χ0n) is 13.8. The van der Waals surface area contributed by atoms with Crippen LogP contribution in [-0.2, 0) is 4.74 Å². The molecule has 0 saturated heterocycles. The second-order valence-corrected chi connectivity index (χ2v) is 5.81. The molecule has 22 heavy (non-hydrogen) atoms. The van der Waals surface area contributed by atoms with Crippen molar-refractivity contribution in [2.75, 3.05) is 26.7 Å². The highest BCUT2D eigenvalue weighted by atomic mass is 16.6. The lowest BCUT2D eigenvalue weighted by atomic mass is 10.2. The Labute approximate surface area is 132 Å². The predicted octanol–water partition coefficient (Wildman–Crippen LogP) is 2.82. The maximum Gasteiger partial charge on any atom is 0.407 e. The summed E-state index contributed by atoms with van der Waals surface area (Å²) >= 11 is 0. The average Bonchev–Trinajstić information content (AvgIpc) is 2.44. The monoisotopic (exact) mass is 306 g/mol. The molecule has 1 amide bonds. The zero-order valence-corrected chi connectivity index (χ0v) is 13.8. The Kier molecular flexibility index (Phi) is 7.46. The first-order valence-electron chi connectivity index (χ1n) is 7.39. The highest BCUT2D eigenvalue weighted by Crippen LogP contribution is 2.13. The minimum absolute atomic E-state index is 0.388. The SMILES string of the molecule is COc1cccc(/C=C/CNCCNC(=O)OC(C)(C)C)c1. The average molecular weight is 306 g/mol. The standard InChI is InChI=1S/C17H26N2O3/c1-17(2,3)22-16(20)19-12-11-18-10-6-8-14-7-5-9-15(13-14)21-4/h5-9,13,18H,10-12H2,1-4H3,(H,19,20)/b8-6+. The Hall–Kier alpha value is -2.01. The van der Waals surface area contributed by atoms with Crippen LogP contribution in [0, 0.1) is 0 Å². The fourth-order valence-corrected chi connectivity index (χ4v) is 1.69. The Balaban J connectivity index is 2.15. The summed E-state index contributed by atoms with van der Waals surface area (Å²) in [6.45, 7) is 7.47. The zero-order chi connectivity index (χ0) is 16.4. The first kappa shape index (κ1) is 18.0. The van der Waals surface area contributed by atoms with E-state index in [0.29, 0.717) is 13.1 Å². The van der Waals surface area contributed by atoms with Gasteiger partial charge in [-0.05, 0) is 38.5 Å². The summed E-state index contributed by atoms with van der Waals surface area (Å²) in [7, 11) is 1.65. The van der Waals surface area contributed by atoms with Crippen LogP contribution in [0.3, 0.4) is 0 Å². The number of benzene rings is 1. The number of alkyl carbamates (subject to hydrolysis) is 1. The van der Waals surface area contributed by atoms with E-state index in [1.54, 1.807) is 7.11 Å². The van der Waals surface area contributed by atoms with E-state index in [2.05, 4.69) is 10.6 Å². The molecule has 0 unspecified atom stereocenters. The normalized spacial score (nSPS) is 11.5. The molecule has 0 atom stereocenters. The maximum absolute atomic E-state index is 11.4. The fourth-order valence-electron chi connectivity index (χ4n) is 1.69. The van der Waals surface area contributed by atoms with Gasteiger partial charge in [0.15, 0.2) is 0 Å². The number of ether oxygens (including phenoxy) is 2. The first-order chi connectivity index (χ1) is 10.4. The molecule has 122 valence electrons. The van der Waals surface area contributed by atoms with Crippen LogP contribution in [0.4, 0.5) is 4.79 Å². The molecule has 5 heteroatoms. The van der Waals surface area contributed by atoms with Gasteiger partial charge in [-0.25, -0.2) is 4.79 Å². The number of carbonyl (C=O) groups excluding carboxylic acids is 1. The molecule has 5 nitrogen and oxygen atoms in total. The van der Waals surface area contributed by atoms with Crippen LogP contribution in [0.2, 0.25) is 0 Å². The number of amides is 1. The molecular formula is C17H26N2O3. The van der Waals surface area contributed by atoms with Gasteiger partial charge in [0.2, 0.25) is 0 Å². The second kappa shape index (κ2) is 9.10. The summed E-state index contributed by atoms with van der Waals surface area (Å²) in [4.78, 5) is 11.4. The number of carbonyl (C=O) groups is 1. The van der Waals surface area contributed by atoms with Crippen LogP contribution >= 0.6 is 0 Å². The Morgan fingerprint density at radius 3 is 2.73 bits per heavy atom. The predicted molar refractivity (Wildman–Crippen MR) is 89.1 cm³/mol. The number of hydrogen-bond donors (Lipinski definition) is 2. The lowest BCUT2D eigenvalue weighted by molar-refractivity contribution is 0.0528. The Morgan fingerprint density at radius 2 is 2.05 bits per heavy atom. The van der Waals surface area contributed by atoms with E-state index in [0.717, 1.165) is 17.9 Å². The van der Waals surface area contributed by atoms with Gasteiger partial charge in [-0.2, -0.15) is 0 Å². The quantitative estimate of drug-likeness (QED) is 0.761. The third-order valence-corrected chi connectivity index (χ3v) is 2.64.